The van der Waals surface area contributed by atoms with E-state index >= 15 is 0 Å². The average molecular weight is 397 g/mol. The molecule has 2 atom stereocenters. The number of ether oxygens (including phenoxy) is 2. The number of nitrogens with one attached hydrogen (secondary N) is 1. The molecule has 0 radical (unpaired) electrons. The molecule has 1 N–H and O–H groups in total. The maximum absolute atomic E-state index is 11.9. The number of rotatable bonds is 7. The number of benzene rings is 1. The Bertz CT molecular complexity index is 818. The van der Waals surface area contributed by atoms with Crippen molar-refractivity contribution >= 4 is 21.4 Å². The van der Waals surface area contributed by atoms with Crippen molar-refractivity contribution < 1.29 is 17.9 Å². The fourth-order valence-corrected chi connectivity index (χ4v) is 4.52. The number of nitrogens with zero attached hydrogens (tertiary/aromatic N) is 1. The largest absolute Gasteiger partial charge is 0.493 e. The van der Waals surface area contributed by atoms with Crippen molar-refractivity contribution in [3.63, 3.8) is 0 Å². The minimum atomic E-state index is -3.24. The van der Waals surface area contributed by atoms with E-state index in [0.29, 0.717) is 26.2 Å². The molecule has 0 saturated carbocycles. The van der Waals surface area contributed by atoms with Crippen molar-refractivity contribution in [2.45, 2.75) is 26.3 Å². The van der Waals surface area contributed by atoms with E-state index in [1.807, 2.05) is 37.4 Å². The van der Waals surface area contributed by atoms with Gasteiger partial charge in [-0.25, -0.2) is 18.1 Å². The number of hydrogen-bond donors (Lipinski definition) is 1. The first-order valence-electron chi connectivity index (χ1n) is 8.70. The highest BCUT2D eigenvalue weighted by molar-refractivity contribution is 7.89. The van der Waals surface area contributed by atoms with E-state index in [0.717, 1.165) is 16.3 Å². The molecule has 0 spiro atoms. The third kappa shape index (κ3) is 5.03. The molecular weight excluding hydrogens is 372 g/mol. The van der Waals surface area contributed by atoms with Crippen LogP contribution >= 0.6 is 11.3 Å². The molecule has 26 heavy (non-hydrogen) atoms. The van der Waals surface area contributed by atoms with Crippen LogP contribution in [0.25, 0.3) is 10.6 Å². The zero-order valence-electron chi connectivity index (χ0n) is 15.0. The molecule has 3 rings (SSSR count). The van der Waals surface area contributed by atoms with Gasteiger partial charge in [0, 0.05) is 35.2 Å². The maximum Gasteiger partial charge on any atom is 0.211 e. The summed E-state index contributed by atoms with van der Waals surface area (Å²) < 4.78 is 37.9. The van der Waals surface area contributed by atoms with E-state index < -0.39 is 10.0 Å². The summed E-state index contributed by atoms with van der Waals surface area (Å²) in [6.07, 6.45) is 2.53. The fourth-order valence-electron chi connectivity index (χ4n) is 2.82. The van der Waals surface area contributed by atoms with Gasteiger partial charge in [0.25, 0.3) is 0 Å². The molecule has 0 amide bonds. The van der Waals surface area contributed by atoms with Crippen LogP contribution in [-0.4, -0.2) is 45.0 Å². The molecule has 0 unspecified atom stereocenters. The number of hydrogen-bond acceptors (Lipinski definition) is 6. The lowest BCUT2D eigenvalue weighted by Gasteiger charge is -2.31. The Morgan fingerprint density at radius 3 is 2.77 bits per heavy atom. The lowest BCUT2D eigenvalue weighted by molar-refractivity contribution is 0.0186. The van der Waals surface area contributed by atoms with Crippen LogP contribution in [0.3, 0.4) is 0 Å². The van der Waals surface area contributed by atoms with E-state index in [4.69, 9.17) is 9.47 Å². The molecule has 1 aliphatic heterocycles. The van der Waals surface area contributed by atoms with Gasteiger partial charge >= 0.3 is 0 Å². The van der Waals surface area contributed by atoms with Crippen LogP contribution < -0.4 is 9.46 Å². The average Bonchev–Trinajstić information content (AvgIpc) is 3.07. The van der Waals surface area contributed by atoms with Crippen LogP contribution in [0.2, 0.25) is 0 Å². The Kier molecular flexibility index (Phi) is 6.29. The SMILES string of the molecule is CCS(=O)(=O)N[C@H]1CCOC[C@@H]1COc1ccc(-c2ncc(C)s2)cc1. The van der Waals surface area contributed by atoms with Gasteiger partial charge in [0.15, 0.2) is 0 Å². The molecule has 1 fully saturated rings. The van der Waals surface area contributed by atoms with E-state index in [1.54, 1.807) is 18.3 Å². The number of sulfonamides is 1. The molecule has 0 aliphatic carbocycles. The van der Waals surface area contributed by atoms with Crippen LogP contribution in [0.1, 0.15) is 18.2 Å². The molecule has 1 aromatic heterocycles. The Hall–Kier alpha value is -1.48. The summed E-state index contributed by atoms with van der Waals surface area (Å²) in [5, 5.41) is 0.990. The van der Waals surface area contributed by atoms with Gasteiger partial charge in [0.1, 0.15) is 10.8 Å². The second kappa shape index (κ2) is 8.47. The zero-order chi connectivity index (χ0) is 18.6. The maximum atomic E-state index is 11.9. The summed E-state index contributed by atoms with van der Waals surface area (Å²) in [5.41, 5.74) is 1.06. The van der Waals surface area contributed by atoms with E-state index in [-0.39, 0.29) is 17.7 Å². The van der Waals surface area contributed by atoms with Crippen molar-refractivity contribution in [2.24, 2.45) is 5.92 Å². The second-order valence-corrected chi connectivity index (χ2v) is 9.64. The van der Waals surface area contributed by atoms with E-state index in [2.05, 4.69) is 9.71 Å². The van der Waals surface area contributed by atoms with Gasteiger partial charge in [0.05, 0.1) is 19.0 Å². The number of aromatic nitrogens is 1. The lowest BCUT2D eigenvalue weighted by Crippen LogP contribution is -2.47. The minimum absolute atomic E-state index is 0.00800. The van der Waals surface area contributed by atoms with Gasteiger partial charge in [0.2, 0.25) is 10.0 Å². The third-order valence-electron chi connectivity index (χ3n) is 4.37. The highest BCUT2D eigenvalue weighted by atomic mass is 32.2. The Balaban J connectivity index is 1.60. The molecule has 1 aromatic carbocycles. The third-order valence-corrected chi connectivity index (χ3v) is 6.76. The summed E-state index contributed by atoms with van der Waals surface area (Å²) in [6, 6.07) is 7.66. The molecule has 2 aromatic rings. The summed E-state index contributed by atoms with van der Waals surface area (Å²) in [7, 11) is -3.24. The predicted molar refractivity (Wildman–Crippen MR) is 103 cm³/mol. The second-order valence-electron chi connectivity index (χ2n) is 6.36. The molecule has 2 heterocycles. The van der Waals surface area contributed by atoms with E-state index in [1.165, 1.54) is 4.88 Å². The van der Waals surface area contributed by atoms with Gasteiger partial charge in [-0.2, -0.15) is 0 Å². The van der Waals surface area contributed by atoms with Crippen molar-refractivity contribution in [2.75, 3.05) is 25.6 Å². The Labute approximate surface area is 158 Å². The van der Waals surface area contributed by atoms with Crippen LogP contribution in [0.4, 0.5) is 0 Å². The number of aryl methyl sites for hydroxylation is 1. The van der Waals surface area contributed by atoms with Gasteiger partial charge in [-0.15, -0.1) is 11.3 Å². The zero-order valence-corrected chi connectivity index (χ0v) is 16.6. The first-order valence-corrected chi connectivity index (χ1v) is 11.2. The van der Waals surface area contributed by atoms with Crippen LogP contribution in [-0.2, 0) is 14.8 Å². The summed E-state index contributed by atoms with van der Waals surface area (Å²) in [6.45, 7) is 5.14. The van der Waals surface area contributed by atoms with Crippen LogP contribution in [0, 0.1) is 12.8 Å². The minimum Gasteiger partial charge on any atom is -0.493 e. The molecule has 1 aliphatic rings. The van der Waals surface area contributed by atoms with Crippen molar-refractivity contribution in [3.8, 4) is 16.3 Å². The quantitative estimate of drug-likeness (QED) is 0.779. The Morgan fingerprint density at radius 1 is 1.35 bits per heavy atom. The van der Waals surface area contributed by atoms with Gasteiger partial charge in [-0.05, 0) is 44.5 Å². The topological polar surface area (TPSA) is 77.5 Å². The summed E-state index contributed by atoms with van der Waals surface area (Å²) in [5.74, 6) is 0.825. The fraction of sp³-hybridized carbons (Fsp3) is 0.500. The monoisotopic (exact) mass is 396 g/mol. The van der Waals surface area contributed by atoms with Gasteiger partial charge < -0.3 is 9.47 Å². The molecule has 1 saturated heterocycles. The van der Waals surface area contributed by atoms with Crippen molar-refractivity contribution in [3.05, 3.63) is 35.3 Å². The molecular formula is C18H24N2O4S2. The Morgan fingerprint density at radius 2 is 2.12 bits per heavy atom. The molecule has 142 valence electrons. The normalized spacial score (nSPS) is 20.8. The van der Waals surface area contributed by atoms with Crippen LogP contribution in [0.15, 0.2) is 30.5 Å². The smallest absolute Gasteiger partial charge is 0.211 e. The first-order chi connectivity index (χ1) is 12.5. The summed E-state index contributed by atoms with van der Waals surface area (Å²) >= 11 is 1.66. The van der Waals surface area contributed by atoms with Gasteiger partial charge in [-0.1, -0.05) is 0 Å². The first kappa shape index (κ1) is 19.3. The molecule has 6 nitrogen and oxygen atoms in total. The van der Waals surface area contributed by atoms with Gasteiger partial charge in [-0.3, -0.25) is 0 Å². The van der Waals surface area contributed by atoms with Crippen molar-refractivity contribution in [1.29, 1.82) is 0 Å². The highest BCUT2D eigenvalue weighted by Crippen LogP contribution is 2.27. The van der Waals surface area contributed by atoms with Crippen LogP contribution in [0.5, 0.6) is 5.75 Å². The lowest BCUT2D eigenvalue weighted by atomic mass is 9.98. The number of thiazole rings is 1. The molecule has 0 bridgehead atoms. The van der Waals surface area contributed by atoms with E-state index in [9.17, 15) is 8.42 Å². The summed E-state index contributed by atoms with van der Waals surface area (Å²) in [4.78, 5) is 5.56. The predicted octanol–water partition coefficient (Wildman–Crippen LogP) is 2.84. The standard InChI is InChI=1S/C18H24N2O4S2/c1-3-26(21,22)20-17-8-9-23-11-15(17)12-24-16-6-4-14(5-7-16)18-19-10-13(2)25-18/h4-7,10,15,17,20H,3,8-9,11-12H2,1-2H3/t15-,17+/m1/s1. The van der Waals surface area contributed by atoms with Crippen molar-refractivity contribution in [1.82, 2.24) is 9.71 Å². The highest BCUT2D eigenvalue weighted by Gasteiger charge is 2.29. The molecule has 8 heteroatoms.